The molecule has 2 aromatic heterocycles. The highest BCUT2D eigenvalue weighted by atomic mass is 32.1. The number of amides is 1. The average molecular weight is 422 g/mol. The molecule has 0 atom stereocenters. The van der Waals surface area contributed by atoms with E-state index in [2.05, 4.69) is 15.4 Å². The number of ether oxygens (including phenoxy) is 1. The molecule has 0 spiro atoms. The third-order valence-corrected chi connectivity index (χ3v) is 5.25. The highest BCUT2D eigenvalue weighted by molar-refractivity contribution is 7.12. The monoisotopic (exact) mass is 422 g/mol. The fourth-order valence-corrected chi connectivity index (χ4v) is 3.76. The van der Waals surface area contributed by atoms with Gasteiger partial charge < -0.3 is 10.1 Å². The van der Waals surface area contributed by atoms with Crippen LogP contribution in [0, 0.1) is 12.7 Å². The number of nitrogens with zero attached hydrogens (tertiary/aromatic N) is 3. The van der Waals surface area contributed by atoms with Crippen LogP contribution in [0.3, 0.4) is 0 Å². The highest BCUT2D eigenvalue weighted by Crippen LogP contribution is 2.27. The molecule has 0 fully saturated rings. The van der Waals surface area contributed by atoms with Crippen molar-refractivity contribution in [1.82, 2.24) is 14.8 Å². The Morgan fingerprint density at radius 3 is 2.60 bits per heavy atom. The second-order valence-corrected chi connectivity index (χ2v) is 7.51. The molecule has 0 bridgehead atoms. The van der Waals surface area contributed by atoms with Gasteiger partial charge in [-0.25, -0.2) is 9.37 Å². The molecule has 0 saturated carbocycles. The number of nitrogens with one attached hydrogen (secondary N) is 1. The van der Waals surface area contributed by atoms with Crippen molar-refractivity contribution in [3.8, 4) is 22.1 Å². The van der Waals surface area contributed by atoms with E-state index in [1.54, 1.807) is 30.0 Å². The van der Waals surface area contributed by atoms with Crippen LogP contribution in [0.1, 0.15) is 11.3 Å². The van der Waals surface area contributed by atoms with Gasteiger partial charge in [0.2, 0.25) is 11.0 Å². The Morgan fingerprint density at radius 2 is 1.90 bits per heavy atom. The number of methoxy groups -OCH3 is 1. The third kappa shape index (κ3) is 4.38. The fourth-order valence-electron chi connectivity index (χ4n) is 2.96. The molecule has 4 rings (SSSR count). The van der Waals surface area contributed by atoms with E-state index in [4.69, 9.17) is 4.74 Å². The standard InChI is InChI=1S/C22H19FN4O2S/c1-14-11-20(25-21(28)12-15-3-7-17(23)8-4-15)27(26-14)22-24-19(13-30-22)16-5-9-18(29-2)10-6-16/h3-11,13H,12H2,1-2H3,(H,25,28). The molecule has 0 saturated heterocycles. The Hall–Kier alpha value is -3.52. The number of benzene rings is 2. The minimum Gasteiger partial charge on any atom is -0.497 e. The van der Waals surface area contributed by atoms with E-state index in [1.165, 1.54) is 23.5 Å². The molecular formula is C22H19FN4O2S. The number of anilines is 1. The predicted octanol–water partition coefficient (Wildman–Crippen LogP) is 4.63. The number of hydrogen-bond acceptors (Lipinski definition) is 5. The second-order valence-electron chi connectivity index (χ2n) is 6.68. The van der Waals surface area contributed by atoms with E-state index < -0.39 is 0 Å². The zero-order valence-electron chi connectivity index (χ0n) is 16.4. The molecule has 1 amide bonds. The molecule has 0 radical (unpaired) electrons. The lowest BCUT2D eigenvalue weighted by Gasteiger charge is -2.07. The number of hydrogen-bond donors (Lipinski definition) is 1. The zero-order chi connectivity index (χ0) is 21.1. The number of halogens is 1. The van der Waals surface area contributed by atoms with Crippen LogP contribution in [0.15, 0.2) is 60.0 Å². The first-order chi connectivity index (χ1) is 14.5. The lowest BCUT2D eigenvalue weighted by molar-refractivity contribution is -0.115. The number of rotatable bonds is 6. The van der Waals surface area contributed by atoms with Gasteiger partial charge in [-0.2, -0.15) is 9.78 Å². The molecular weight excluding hydrogens is 403 g/mol. The maximum Gasteiger partial charge on any atom is 0.229 e. The first kappa shape index (κ1) is 19.8. The van der Waals surface area contributed by atoms with Gasteiger partial charge in [-0.3, -0.25) is 4.79 Å². The first-order valence-corrected chi connectivity index (χ1v) is 10.1. The van der Waals surface area contributed by atoms with Crippen LogP contribution < -0.4 is 10.1 Å². The van der Waals surface area contributed by atoms with Crippen molar-refractivity contribution >= 4 is 23.1 Å². The molecule has 2 heterocycles. The Bertz CT molecular complexity index is 1170. The maximum atomic E-state index is 13.1. The van der Waals surface area contributed by atoms with Gasteiger partial charge in [0, 0.05) is 17.0 Å². The number of aryl methyl sites for hydroxylation is 1. The van der Waals surface area contributed by atoms with Crippen molar-refractivity contribution in [2.24, 2.45) is 0 Å². The minimum atomic E-state index is -0.329. The van der Waals surface area contributed by atoms with Crippen molar-refractivity contribution < 1.29 is 13.9 Å². The molecule has 4 aromatic rings. The molecule has 0 aliphatic heterocycles. The molecule has 0 unspecified atom stereocenters. The maximum absolute atomic E-state index is 13.1. The van der Waals surface area contributed by atoms with Crippen molar-refractivity contribution in [3.05, 3.63) is 77.1 Å². The molecule has 30 heavy (non-hydrogen) atoms. The van der Waals surface area contributed by atoms with Gasteiger partial charge in [0.15, 0.2) is 0 Å². The van der Waals surface area contributed by atoms with Crippen LogP contribution in [-0.4, -0.2) is 27.8 Å². The summed E-state index contributed by atoms with van der Waals surface area (Å²) in [5, 5.41) is 9.93. The fraction of sp³-hybridized carbons (Fsp3) is 0.136. The first-order valence-electron chi connectivity index (χ1n) is 9.23. The van der Waals surface area contributed by atoms with Crippen molar-refractivity contribution in [1.29, 1.82) is 0 Å². The normalized spacial score (nSPS) is 10.8. The van der Waals surface area contributed by atoms with Gasteiger partial charge in [-0.05, 0) is 48.9 Å². The summed E-state index contributed by atoms with van der Waals surface area (Å²) in [7, 11) is 1.63. The number of carbonyl (C=O) groups excluding carboxylic acids is 1. The van der Waals surface area contributed by atoms with Crippen LogP contribution in [0.25, 0.3) is 16.4 Å². The van der Waals surface area contributed by atoms with E-state index in [1.807, 2.05) is 36.6 Å². The van der Waals surface area contributed by atoms with E-state index in [0.29, 0.717) is 10.9 Å². The van der Waals surface area contributed by atoms with Crippen LogP contribution in [0.4, 0.5) is 10.2 Å². The molecule has 8 heteroatoms. The van der Waals surface area contributed by atoms with Gasteiger partial charge in [-0.1, -0.05) is 12.1 Å². The van der Waals surface area contributed by atoms with Crippen LogP contribution in [0.5, 0.6) is 5.75 Å². The summed E-state index contributed by atoms with van der Waals surface area (Å²) in [6.45, 7) is 1.85. The van der Waals surface area contributed by atoms with Gasteiger partial charge in [0.1, 0.15) is 17.4 Å². The van der Waals surface area contributed by atoms with Gasteiger partial charge in [0.25, 0.3) is 0 Å². The summed E-state index contributed by atoms with van der Waals surface area (Å²) in [6, 6.07) is 15.3. The van der Waals surface area contributed by atoms with Gasteiger partial charge >= 0.3 is 0 Å². The topological polar surface area (TPSA) is 69.0 Å². The molecule has 0 aliphatic rings. The van der Waals surface area contributed by atoms with E-state index >= 15 is 0 Å². The average Bonchev–Trinajstić information content (AvgIpc) is 3.36. The SMILES string of the molecule is COc1ccc(-c2csc(-n3nc(C)cc3NC(=O)Cc3ccc(F)cc3)n2)cc1. The largest absolute Gasteiger partial charge is 0.497 e. The van der Waals surface area contributed by atoms with E-state index in [0.717, 1.165) is 28.3 Å². The van der Waals surface area contributed by atoms with Crippen LogP contribution in [0.2, 0.25) is 0 Å². The number of carbonyl (C=O) groups is 1. The van der Waals surface area contributed by atoms with Crippen molar-refractivity contribution in [2.45, 2.75) is 13.3 Å². The summed E-state index contributed by atoms with van der Waals surface area (Å²) in [6.07, 6.45) is 0.138. The lowest BCUT2D eigenvalue weighted by atomic mass is 10.1. The predicted molar refractivity (Wildman–Crippen MR) is 115 cm³/mol. The van der Waals surface area contributed by atoms with Gasteiger partial charge in [0.05, 0.1) is 24.9 Å². The molecule has 152 valence electrons. The molecule has 1 N–H and O–H groups in total. The molecule has 6 nitrogen and oxygen atoms in total. The van der Waals surface area contributed by atoms with Crippen molar-refractivity contribution in [3.63, 3.8) is 0 Å². The third-order valence-electron chi connectivity index (χ3n) is 4.44. The van der Waals surface area contributed by atoms with Crippen LogP contribution in [-0.2, 0) is 11.2 Å². The smallest absolute Gasteiger partial charge is 0.229 e. The summed E-state index contributed by atoms with van der Waals surface area (Å²) in [5.74, 6) is 0.775. The zero-order valence-corrected chi connectivity index (χ0v) is 17.2. The number of thiazole rings is 1. The second kappa shape index (κ2) is 8.46. The summed E-state index contributed by atoms with van der Waals surface area (Å²) in [5.41, 5.74) is 3.26. The Kier molecular flexibility index (Phi) is 5.58. The van der Waals surface area contributed by atoms with E-state index in [-0.39, 0.29) is 18.1 Å². The minimum absolute atomic E-state index is 0.138. The van der Waals surface area contributed by atoms with E-state index in [9.17, 15) is 9.18 Å². The lowest BCUT2D eigenvalue weighted by Crippen LogP contribution is -2.17. The quantitative estimate of drug-likeness (QED) is 0.492. The van der Waals surface area contributed by atoms with Crippen LogP contribution >= 0.6 is 11.3 Å². The Morgan fingerprint density at radius 1 is 1.17 bits per heavy atom. The Labute approximate surface area is 177 Å². The van der Waals surface area contributed by atoms with Crippen molar-refractivity contribution in [2.75, 3.05) is 12.4 Å². The summed E-state index contributed by atoms with van der Waals surface area (Å²) in [4.78, 5) is 17.1. The number of aromatic nitrogens is 3. The molecule has 0 aliphatic carbocycles. The Balaban J connectivity index is 1.53. The highest BCUT2D eigenvalue weighted by Gasteiger charge is 2.15. The van der Waals surface area contributed by atoms with Gasteiger partial charge in [-0.15, -0.1) is 11.3 Å². The molecule has 2 aromatic carbocycles. The summed E-state index contributed by atoms with van der Waals surface area (Å²) >= 11 is 1.43. The summed E-state index contributed by atoms with van der Waals surface area (Å²) < 4.78 is 19.9.